The number of nitrogens with zero attached hydrogens (tertiary/aromatic N) is 4. The molecule has 0 aliphatic heterocycles. The van der Waals surface area contributed by atoms with E-state index in [1.54, 1.807) is 18.3 Å². The molecule has 5 nitrogen and oxygen atoms in total. The van der Waals surface area contributed by atoms with E-state index >= 15 is 0 Å². The zero-order valence-corrected chi connectivity index (χ0v) is 15.7. The average molecular weight is 419 g/mol. The molecule has 3 heterocycles. The number of thiophene rings is 1. The molecule has 0 spiro atoms. The molecule has 0 aliphatic rings. The molecule has 3 aromatic heterocycles. The first-order valence-electron chi connectivity index (χ1n) is 7.39. The summed E-state index contributed by atoms with van der Waals surface area (Å²) in [5.74, 6) is -0.495. The van der Waals surface area contributed by atoms with Gasteiger partial charge in [0, 0.05) is 24.8 Å². The number of hydrogen-bond acceptors (Lipinski definition) is 5. The third-order valence-corrected chi connectivity index (χ3v) is 5.48. The average Bonchev–Trinajstić information content (AvgIpc) is 2.95. The van der Waals surface area contributed by atoms with Gasteiger partial charge in [0.25, 0.3) is 5.56 Å². The lowest BCUT2D eigenvalue weighted by atomic mass is 10.2. The Kier molecular flexibility index (Phi) is 3.81. The van der Waals surface area contributed by atoms with Crippen LogP contribution in [0.3, 0.4) is 0 Å². The van der Waals surface area contributed by atoms with E-state index in [1.807, 2.05) is 25.1 Å². The molecule has 4 rings (SSSR count). The quantitative estimate of drug-likeness (QED) is 0.494. The Labute approximate surface area is 154 Å². The number of anilines is 1. The van der Waals surface area contributed by atoms with Crippen molar-refractivity contribution in [2.45, 2.75) is 0 Å². The molecule has 0 amide bonds. The van der Waals surface area contributed by atoms with Crippen molar-refractivity contribution in [1.82, 2.24) is 14.5 Å². The zero-order chi connectivity index (χ0) is 17.7. The van der Waals surface area contributed by atoms with Gasteiger partial charge in [-0.2, -0.15) is 0 Å². The van der Waals surface area contributed by atoms with Gasteiger partial charge in [-0.3, -0.25) is 9.36 Å². The van der Waals surface area contributed by atoms with Crippen LogP contribution in [0.15, 0.2) is 46.1 Å². The Bertz CT molecular complexity index is 1180. The van der Waals surface area contributed by atoms with Gasteiger partial charge >= 0.3 is 0 Å². The van der Waals surface area contributed by atoms with E-state index in [-0.39, 0.29) is 11.2 Å². The van der Waals surface area contributed by atoms with Crippen molar-refractivity contribution in [3.05, 3.63) is 57.4 Å². The molecule has 0 atom stereocenters. The van der Waals surface area contributed by atoms with E-state index in [2.05, 4.69) is 25.9 Å². The van der Waals surface area contributed by atoms with Crippen LogP contribution in [0.5, 0.6) is 0 Å². The SMILES string of the molecule is CN(C)c1ccnc2sc3c(=O)n(-c4ccc(Br)cc4F)cnc3c12. The fourth-order valence-corrected chi connectivity index (χ4v) is 4.14. The Morgan fingerprint density at radius 2 is 2.04 bits per heavy atom. The first kappa shape index (κ1) is 16.2. The van der Waals surface area contributed by atoms with Gasteiger partial charge in [-0.15, -0.1) is 11.3 Å². The van der Waals surface area contributed by atoms with E-state index < -0.39 is 5.82 Å². The maximum Gasteiger partial charge on any atom is 0.276 e. The number of pyridine rings is 1. The lowest BCUT2D eigenvalue weighted by Gasteiger charge is -2.13. The van der Waals surface area contributed by atoms with Gasteiger partial charge in [-0.05, 0) is 24.3 Å². The minimum Gasteiger partial charge on any atom is -0.377 e. The van der Waals surface area contributed by atoms with E-state index in [9.17, 15) is 9.18 Å². The second-order valence-corrected chi connectivity index (χ2v) is 7.61. The van der Waals surface area contributed by atoms with Crippen molar-refractivity contribution >= 4 is 53.4 Å². The van der Waals surface area contributed by atoms with E-state index in [4.69, 9.17) is 0 Å². The van der Waals surface area contributed by atoms with Gasteiger partial charge in [-0.1, -0.05) is 15.9 Å². The van der Waals surface area contributed by atoms with Crippen molar-refractivity contribution in [2.24, 2.45) is 0 Å². The van der Waals surface area contributed by atoms with E-state index in [0.717, 1.165) is 15.9 Å². The van der Waals surface area contributed by atoms with Crippen molar-refractivity contribution in [3.63, 3.8) is 0 Å². The number of rotatable bonds is 2. The standard InChI is InChI=1S/C17H12BrFN4OS/c1-22(2)12-5-6-20-16-13(12)14-15(25-16)17(24)23(8-21-14)11-4-3-9(18)7-10(11)19/h3-8H,1-2H3. The monoisotopic (exact) mass is 418 g/mol. The van der Waals surface area contributed by atoms with Crippen molar-refractivity contribution < 1.29 is 4.39 Å². The summed E-state index contributed by atoms with van der Waals surface area (Å²) in [4.78, 5) is 24.4. The van der Waals surface area contributed by atoms with Crippen LogP contribution in [-0.2, 0) is 0 Å². The molecule has 0 aliphatic carbocycles. The van der Waals surface area contributed by atoms with Gasteiger partial charge in [-0.25, -0.2) is 14.4 Å². The van der Waals surface area contributed by atoms with Crippen LogP contribution in [0.1, 0.15) is 0 Å². The van der Waals surface area contributed by atoms with Gasteiger partial charge in [0.2, 0.25) is 0 Å². The molecule has 0 radical (unpaired) electrons. The Hall–Kier alpha value is -2.32. The number of hydrogen-bond donors (Lipinski definition) is 0. The molecule has 4 aromatic rings. The minimum absolute atomic E-state index is 0.167. The molecule has 0 unspecified atom stereocenters. The highest BCUT2D eigenvalue weighted by Gasteiger charge is 2.17. The first-order chi connectivity index (χ1) is 12.0. The number of benzene rings is 1. The molecular formula is C17H12BrFN4OS. The molecule has 1 aromatic carbocycles. The number of fused-ring (bicyclic) bond motifs is 3. The zero-order valence-electron chi connectivity index (χ0n) is 13.3. The van der Waals surface area contributed by atoms with Crippen LogP contribution in [0, 0.1) is 5.82 Å². The molecule has 0 saturated carbocycles. The predicted octanol–water partition coefficient (Wildman–Crippen LogP) is 3.96. The number of halogens is 2. The fourth-order valence-electron chi connectivity index (χ4n) is 2.76. The molecule has 0 saturated heterocycles. The maximum atomic E-state index is 14.3. The van der Waals surface area contributed by atoms with Crippen LogP contribution >= 0.6 is 27.3 Å². The van der Waals surface area contributed by atoms with Gasteiger partial charge in [0.05, 0.1) is 22.3 Å². The Morgan fingerprint density at radius 3 is 2.76 bits per heavy atom. The maximum absolute atomic E-state index is 14.3. The van der Waals surface area contributed by atoms with Crippen LogP contribution in [0.25, 0.3) is 26.1 Å². The summed E-state index contributed by atoms with van der Waals surface area (Å²) in [5, 5.41) is 0.841. The normalized spacial score (nSPS) is 11.4. The molecule has 0 N–H and O–H groups in total. The summed E-state index contributed by atoms with van der Waals surface area (Å²) in [7, 11) is 3.85. The molecule has 25 heavy (non-hydrogen) atoms. The third kappa shape index (κ3) is 2.52. The van der Waals surface area contributed by atoms with Crippen LogP contribution in [-0.4, -0.2) is 28.6 Å². The summed E-state index contributed by atoms with van der Waals surface area (Å²) in [6.45, 7) is 0. The lowest BCUT2D eigenvalue weighted by Crippen LogP contribution is -2.19. The lowest BCUT2D eigenvalue weighted by molar-refractivity contribution is 0.615. The van der Waals surface area contributed by atoms with Gasteiger partial charge < -0.3 is 4.90 Å². The smallest absolute Gasteiger partial charge is 0.276 e. The minimum atomic E-state index is -0.495. The summed E-state index contributed by atoms with van der Waals surface area (Å²) >= 11 is 4.49. The third-order valence-electron chi connectivity index (χ3n) is 3.91. The topological polar surface area (TPSA) is 51.0 Å². The predicted molar refractivity (Wildman–Crippen MR) is 103 cm³/mol. The largest absolute Gasteiger partial charge is 0.377 e. The summed E-state index contributed by atoms with van der Waals surface area (Å²) in [5.41, 5.74) is 1.39. The summed E-state index contributed by atoms with van der Waals surface area (Å²) in [6.07, 6.45) is 3.08. The van der Waals surface area contributed by atoms with Gasteiger partial charge in [0.15, 0.2) is 0 Å². The van der Waals surface area contributed by atoms with Gasteiger partial charge in [0.1, 0.15) is 21.7 Å². The van der Waals surface area contributed by atoms with Crippen molar-refractivity contribution in [2.75, 3.05) is 19.0 Å². The van der Waals surface area contributed by atoms with Crippen LogP contribution in [0.4, 0.5) is 10.1 Å². The molecule has 0 bridgehead atoms. The van der Waals surface area contributed by atoms with E-state index in [0.29, 0.717) is 14.7 Å². The summed E-state index contributed by atoms with van der Waals surface area (Å²) in [6, 6.07) is 6.44. The molecule has 0 fully saturated rings. The Morgan fingerprint density at radius 1 is 1.24 bits per heavy atom. The highest BCUT2D eigenvalue weighted by atomic mass is 79.9. The van der Waals surface area contributed by atoms with E-state index in [1.165, 1.54) is 28.3 Å². The fraction of sp³-hybridized carbons (Fsp3) is 0.118. The highest BCUT2D eigenvalue weighted by Crippen LogP contribution is 2.35. The van der Waals surface area contributed by atoms with Crippen LogP contribution < -0.4 is 10.5 Å². The van der Waals surface area contributed by atoms with Crippen LogP contribution in [0.2, 0.25) is 0 Å². The molecule has 8 heteroatoms. The molecular weight excluding hydrogens is 407 g/mol. The molecule has 126 valence electrons. The second-order valence-electron chi connectivity index (χ2n) is 5.70. The Balaban J connectivity index is 2.06. The highest BCUT2D eigenvalue weighted by molar-refractivity contribution is 9.10. The second kappa shape index (κ2) is 5.89. The first-order valence-corrected chi connectivity index (χ1v) is 9.00. The van der Waals surface area contributed by atoms with Crippen molar-refractivity contribution in [1.29, 1.82) is 0 Å². The van der Waals surface area contributed by atoms with Crippen molar-refractivity contribution in [3.8, 4) is 5.69 Å². The summed E-state index contributed by atoms with van der Waals surface area (Å²) < 4.78 is 16.6. The number of aromatic nitrogens is 3.